The molecule has 9 nitrogen and oxygen atoms in total. The summed E-state index contributed by atoms with van der Waals surface area (Å²) in [6.45, 7) is 2.54. The van der Waals surface area contributed by atoms with Crippen LogP contribution in [0.2, 0.25) is 0 Å². The fraction of sp³-hybridized carbons (Fsp3) is 0.281. The lowest BCUT2D eigenvalue weighted by Gasteiger charge is -2.27. The first-order valence-electron chi connectivity index (χ1n) is 14.0. The van der Waals surface area contributed by atoms with Crippen molar-refractivity contribution < 1.29 is 29.0 Å². The summed E-state index contributed by atoms with van der Waals surface area (Å²) in [6, 6.07) is 16.0. The summed E-state index contributed by atoms with van der Waals surface area (Å²) in [4.78, 5) is 55.2. The number of Topliss-reactive ketones (excluding diaryl/α,β-unsaturated/α-hetero) is 1. The van der Waals surface area contributed by atoms with E-state index in [4.69, 9.17) is 9.84 Å². The summed E-state index contributed by atoms with van der Waals surface area (Å²) in [7, 11) is 0. The van der Waals surface area contributed by atoms with Crippen molar-refractivity contribution in [3.8, 4) is 22.3 Å². The number of fused-ring (bicyclic) bond motifs is 1. The number of hydrogen-bond acceptors (Lipinski definition) is 8. The Morgan fingerprint density at radius 2 is 1.72 bits per heavy atom. The van der Waals surface area contributed by atoms with Crippen LogP contribution in [-0.4, -0.2) is 69.9 Å². The van der Waals surface area contributed by atoms with Crippen molar-refractivity contribution in [3.63, 3.8) is 0 Å². The van der Waals surface area contributed by atoms with Crippen LogP contribution >= 0.6 is 22.7 Å². The van der Waals surface area contributed by atoms with Crippen LogP contribution in [0.15, 0.2) is 77.8 Å². The molecule has 2 aliphatic rings. The van der Waals surface area contributed by atoms with Crippen LogP contribution in [-0.2, 0) is 14.3 Å². The number of carbonyl (C=O) groups excluding carboxylic acids is 3. The average Bonchev–Trinajstić information content (AvgIpc) is 3.84. The van der Waals surface area contributed by atoms with E-state index in [1.54, 1.807) is 23.4 Å². The second kappa shape index (κ2) is 13.9. The van der Waals surface area contributed by atoms with E-state index >= 15 is 0 Å². The molecule has 4 aromatic rings. The van der Waals surface area contributed by atoms with Gasteiger partial charge in [-0.25, -0.2) is 4.79 Å². The first-order chi connectivity index (χ1) is 20.9. The number of rotatable bonds is 8. The lowest BCUT2D eigenvalue weighted by Crippen LogP contribution is -2.52. The van der Waals surface area contributed by atoms with Gasteiger partial charge >= 0.3 is 5.97 Å². The third kappa shape index (κ3) is 7.07. The second-order valence-electron chi connectivity index (χ2n) is 10.2. The first-order valence-corrected chi connectivity index (χ1v) is 15.7. The molecule has 222 valence electrons. The van der Waals surface area contributed by atoms with Crippen molar-refractivity contribution in [1.82, 2.24) is 15.2 Å². The van der Waals surface area contributed by atoms with Crippen molar-refractivity contribution in [3.05, 3.63) is 87.5 Å². The number of likely N-dealkylation sites (tertiary alicyclic amines) is 1. The van der Waals surface area contributed by atoms with E-state index in [0.29, 0.717) is 29.1 Å². The lowest BCUT2D eigenvalue weighted by atomic mass is 10.1. The summed E-state index contributed by atoms with van der Waals surface area (Å²) >= 11 is 2.59. The molecule has 11 heteroatoms. The van der Waals surface area contributed by atoms with Gasteiger partial charge in [0.05, 0.1) is 11.0 Å². The number of ketones is 1. The molecule has 0 spiro atoms. The molecule has 3 atom stereocenters. The largest absolute Gasteiger partial charge is 0.477 e. The van der Waals surface area contributed by atoms with Crippen LogP contribution in [0.25, 0.3) is 22.3 Å². The van der Waals surface area contributed by atoms with Crippen LogP contribution in [0.3, 0.4) is 0 Å². The van der Waals surface area contributed by atoms with Gasteiger partial charge in [-0.15, -0.1) is 22.7 Å². The highest BCUT2D eigenvalue weighted by Crippen LogP contribution is 2.29. The number of carbonyl (C=O) groups is 4. The number of carboxylic acid groups (broad SMARTS) is 1. The Balaban J connectivity index is 0.000000220. The zero-order chi connectivity index (χ0) is 30.3. The zero-order valence-electron chi connectivity index (χ0n) is 23.5. The monoisotopic (exact) mass is 617 g/mol. The zero-order valence-corrected chi connectivity index (χ0v) is 25.1. The number of thiophene rings is 2. The van der Waals surface area contributed by atoms with E-state index in [1.165, 1.54) is 22.7 Å². The summed E-state index contributed by atoms with van der Waals surface area (Å²) in [5.74, 6) is -1.38. The highest BCUT2D eigenvalue weighted by molar-refractivity contribution is 7.12. The van der Waals surface area contributed by atoms with Gasteiger partial charge in [0.25, 0.3) is 5.91 Å². The van der Waals surface area contributed by atoms with Crippen molar-refractivity contribution in [2.75, 3.05) is 13.2 Å². The molecule has 0 bridgehead atoms. The third-order valence-electron chi connectivity index (χ3n) is 7.31. The molecule has 2 amide bonds. The summed E-state index contributed by atoms with van der Waals surface area (Å²) < 4.78 is 5.48. The summed E-state index contributed by atoms with van der Waals surface area (Å²) in [5, 5.41) is 15.4. The normalized spacial score (nSPS) is 18.0. The maximum Gasteiger partial charge on any atom is 0.345 e. The second-order valence-corrected chi connectivity index (χ2v) is 12.0. The van der Waals surface area contributed by atoms with E-state index in [-0.39, 0.29) is 30.3 Å². The van der Waals surface area contributed by atoms with E-state index in [9.17, 15) is 19.2 Å². The molecule has 0 radical (unpaired) electrons. The lowest BCUT2D eigenvalue weighted by molar-refractivity contribution is -0.138. The number of aromatic carboxylic acids is 1. The van der Waals surface area contributed by atoms with Crippen molar-refractivity contribution in [1.29, 1.82) is 0 Å². The molecule has 2 saturated heterocycles. The minimum Gasteiger partial charge on any atom is -0.477 e. The SMILES string of the molecule is CCCC(NC(=O)c1cc(-c2ccccc2)cs1)C(=O)N1CCC2OCC(=O)C21.O=C(O)c1cc(-c2cccnc2)cs1. The van der Waals surface area contributed by atoms with Gasteiger partial charge in [0, 0.05) is 24.5 Å². The van der Waals surface area contributed by atoms with E-state index < -0.39 is 18.1 Å². The number of benzene rings is 1. The number of ether oxygens (including phenoxy) is 1. The number of nitrogens with one attached hydrogen (secondary N) is 1. The van der Waals surface area contributed by atoms with Gasteiger partial charge in [0.2, 0.25) is 5.91 Å². The van der Waals surface area contributed by atoms with Gasteiger partial charge < -0.3 is 20.1 Å². The Kier molecular flexibility index (Phi) is 9.75. The molecule has 6 rings (SSSR count). The number of aromatic nitrogens is 1. The van der Waals surface area contributed by atoms with Gasteiger partial charge in [-0.3, -0.25) is 19.4 Å². The van der Waals surface area contributed by atoms with Gasteiger partial charge in [0.1, 0.15) is 23.6 Å². The maximum absolute atomic E-state index is 13.1. The highest BCUT2D eigenvalue weighted by Gasteiger charge is 2.47. The van der Waals surface area contributed by atoms with E-state index in [0.717, 1.165) is 28.7 Å². The van der Waals surface area contributed by atoms with Gasteiger partial charge in [-0.05, 0) is 58.5 Å². The molecular formula is C32H31N3O6S2. The number of amides is 2. The van der Waals surface area contributed by atoms with Crippen molar-refractivity contribution in [2.24, 2.45) is 0 Å². The van der Waals surface area contributed by atoms with Crippen LogP contribution in [0.1, 0.15) is 45.5 Å². The molecule has 0 aliphatic carbocycles. The number of pyridine rings is 1. The number of nitrogens with zero attached hydrogens (tertiary/aromatic N) is 2. The quantitative estimate of drug-likeness (QED) is 0.272. The standard InChI is InChI=1S/C22H24N2O4S.C10H7NO2S/c1-2-6-16(22(27)24-10-9-18-20(24)17(25)12-28-18)23-21(26)19-11-15(13-29-19)14-7-4-3-5-8-14;12-10(13)9-4-8(6-14-9)7-2-1-3-11-5-7/h3-5,7-8,11,13,16,18,20H,2,6,9-10,12H2,1H3,(H,23,26);1-6H,(H,12,13). The molecular weight excluding hydrogens is 587 g/mol. The van der Waals surface area contributed by atoms with Crippen LogP contribution < -0.4 is 5.32 Å². The summed E-state index contributed by atoms with van der Waals surface area (Å²) in [5.41, 5.74) is 3.87. The molecule has 43 heavy (non-hydrogen) atoms. The predicted octanol–water partition coefficient (Wildman–Crippen LogP) is 5.39. The molecule has 2 aliphatic heterocycles. The topological polar surface area (TPSA) is 126 Å². The summed E-state index contributed by atoms with van der Waals surface area (Å²) in [6.07, 6.45) is 5.16. The molecule has 5 heterocycles. The smallest absolute Gasteiger partial charge is 0.345 e. The van der Waals surface area contributed by atoms with Gasteiger partial charge in [0.15, 0.2) is 5.78 Å². The fourth-order valence-corrected chi connectivity index (χ4v) is 6.76. The van der Waals surface area contributed by atoms with Gasteiger partial charge in [-0.1, -0.05) is 49.7 Å². The van der Waals surface area contributed by atoms with Crippen LogP contribution in [0.5, 0.6) is 0 Å². The van der Waals surface area contributed by atoms with E-state index in [1.807, 2.05) is 66.2 Å². The number of carboxylic acids is 1. The van der Waals surface area contributed by atoms with E-state index in [2.05, 4.69) is 10.3 Å². The van der Waals surface area contributed by atoms with Crippen LogP contribution in [0.4, 0.5) is 0 Å². The molecule has 3 unspecified atom stereocenters. The van der Waals surface area contributed by atoms with Gasteiger partial charge in [-0.2, -0.15) is 0 Å². The minimum atomic E-state index is -0.884. The molecule has 2 fully saturated rings. The van der Waals surface area contributed by atoms with Crippen molar-refractivity contribution >= 4 is 46.2 Å². The maximum atomic E-state index is 13.1. The Bertz CT molecular complexity index is 1590. The van der Waals surface area contributed by atoms with Crippen LogP contribution in [0, 0.1) is 0 Å². The average molecular weight is 618 g/mol. The van der Waals surface area contributed by atoms with Crippen molar-refractivity contribution in [2.45, 2.75) is 44.4 Å². The number of hydrogen-bond donors (Lipinski definition) is 2. The predicted molar refractivity (Wildman–Crippen MR) is 165 cm³/mol. The Hall–Kier alpha value is -4.19. The molecule has 3 aromatic heterocycles. The fourth-order valence-electron chi connectivity index (χ4n) is 5.19. The Morgan fingerprint density at radius 3 is 2.40 bits per heavy atom. The highest BCUT2D eigenvalue weighted by atomic mass is 32.1. The minimum absolute atomic E-state index is 0.0480. The third-order valence-corrected chi connectivity index (χ3v) is 9.16. The Labute approximate surface area is 257 Å². The molecule has 0 saturated carbocycles. The molecule has 2 N–H and O–H groups in total. The Morgan fingerprint density at radius 1 is 1.02 bits per heavy atom. The molecule has 1 aromatic carbocycles. The first kappa shape index (κ1) is 30.3.